The average molecular weight is 338 g/mol. The zero-order valence-corrected chi connectivity index (χ0v) is 13.7. The highest BCUT2D eigenvalue weighted by molar-refractivity contribution is 9.10. The lowest BCUT2D eigenvalue weighted by Crippen LogP contribution is -2.51. The van der Waals surface area contributed by atoms with Crippen LogP contribution in [0, 0.1) is 11.3 Å². The molecule has 0 saturated carbocycles. The van der Waals surface area contributed by atoms with Gasteiger partial charge in [0.05, 0.1) is 17.7 Å². The summed E-state index contributed by atoms with van der Waals surface area (Å²) in [6.07, 6.45) is 0. The van der Waals surface area contributed by atoms with Crippen molar-refractivity contribution in [2.24, 2.45) is 0 Å². The van der Waals surface area contributed by atoms with Crippen LogP contribution < -0.4 is 4.74 Å². The molecule has 1 fully saturated rings. The summed E-state index contributed by atoms with van der Waals surface area (Å²) in [7, 11) is 3.77. The number of ether oxygens (including phenoxy) is 1. The van der Waals surface area contributed by atoms with Gasteiger partial charge in [0, 0.05) is 25.7 Å². The van der Waals surface area contributed by atoms with E-state index in [0.717, 1.165) is 35.4 Å². The second kappa shape index (κ2) is 6.57. The zero-order valence-electron chi connectivity index (χ0n) is 12.1. The van der Waals surface area contributed by atoms with Crippen molar-refractivity contribution in [2.45, 2.75) is 19.0 Å². The molecule has 1 saturated heterocycles. The van der Waals surface area contributed by atoms with Gasteiger partial charge in [-0.15, -0.1) is 0 Å². The number of likely N-dealkylation sites (N-methyl/N-ethyl adjacent to an activating group) is 1. The number of nitriles is 1. The maximum Gasteiger partial charge on any atom is 0.133 e. The van der Waals surface area contributed by atoms with Crippen LogP contribution in [0.3, 0.4) is 0 Å². The van der Waals surface area contributed by atoms with Gasteiger partial charge in [-0.2, -0.15) is 5.26 Å². The van der Waals surface area contributed by atoms with Gasteiger partial charge in [0.2, 0.25) is 0 Å². The third-order valence-electron chi connectivity index (χ3n) is 3.83. The standard InChI is InChI=1S/C15H20BrN3O/c1-11-10-18(2)6-7-19(11)14(9-17)12-4-5-15(20-3)13(16)8-12/h4-5,8,11,14H,6-7,10H2,1-3H3. The lowest BCUT2D eigenvalue weighted by atomic mass is 10.0. The van der Waals surface area contributed by atoms with Crippen LogP contribution in [0.4, 0.5) is 0 Å². The maximum atomic E-state index is 9.58. The molecule has 0 bridgehead atoms. The normalized spacial score (nSPS) is 22.2. The Balaban J connectivity index is 2.24. The van der Waals surface area contributed by atoms with Gasteiger partial charge in [0.25, 0.3) is 0 Å². The van der Waals surface area contributed by atoms with Crippen molar-refractivity contribution in [1.29, 1.82) is 5.26 Å². The van der Waals surface area contributed by atoms with E-state index in [2.05, 4.69) is 45.8 Å². The zero-order chi connectivity index (χ0) is 14.7. The quantitative estimate of drug-likeness (QED) is 0.850. The summed E-state index contributed by atoms with van der Waals surface area (Å²) in [5, 5.41) is 9.58. The van der Waals surface area contributed by atoms with Gasteiger partial charge in [-0.1, -0.05) is 6.07 Å². The SMILES string of the molecule is COc1ccc(C(C#N)N2CCN(C)CC2C)cc1Br. The fourth-order valence-corrected chi connectivity index (χ4v) is 3.29. The van der Waals surface area contributed by atoms with Crippen LogP contribution >= 0.6 is 15.9 Å². The lowest BCUT2D eigenvalue weighted by molar-refractivity contribution is 0.0796. The van der Waals surface area contributed by atoms with Crippen molar-refractivity contribution in [3.63, 3.8) is 0 Å². The molecule has 1 aromatic rings. The van der Waals surface area contributed by atoms with Gasteiger partial charge in [0.1, 0.15) is 11.8 Å². The fourth-order valence-electron chi connectivity index (χ4n) is 2.73. The third kappa shape index (κ3) is 3.14. The van der Waals surface area contributed by atoms with Gasteiger partial charge in [0.15, 0.2) is 0 Å². The van der Waals surface area contributed by atoms with Crippen LogP contribution in [-0.4, -0.2) is 49.6 Å². The average Bonchev–Trinajstić information content (AvgIpc) is 2.42. The van der Waals surface area contributed by atoms with Crippen LogP contribution in [0.15, 0.2) is 22.7 Å². The fraction of sp³-hybridized carbons (Fsp3) is 0.533. The van der Waals surface area contributed by atoms with Crippen molar-refractivity contribution in [2.75, 3.05) is 33.8 Å². The molecule has 1 aromatic carbocycles. The molecule has 0 N–H and O–H groups in total. The van der Waals surface area contributed by atoms with E-state index in [1.807, 2.05) is 18.2 Å². The first-order chi connectivity index (χ1) is 9.56. The minimum absolute atomic E-state index is 0.207. The summed E-state index contributed by atoms with van der Waals surface area (Å²) in [4.78, 5) is 4.58. The molecule has 0 aromatic heterocycles. The van der Waals surface area contributed by atoms with Crippen molar-refractivity contribution < 1.29 is 4.74 Å². The van der Waals surface area contributed by atoms with Crippen molar-refractivity contribution >= 4 is 15.9 Å². The summed E-state index contributed by atoms with van der Waals surface area (Å²) in [6.45, 7) is 5.09. The second-order valence-electron chi connectivity index (χ2n) is 5.27. The van der Waals surface area contributed by atoms with Crippen molar-refractivity contribution in [3.8, 4) is 11.8 Å². The van der Waals surface area contributed by atoms with Crippen LogP contribution in [-0.2, 0) is 0 Å². The maximum absolute atomic E-state index is 9.58. The van der Waals surface area contributed by atoms with E-state index in [9.17, 15) is 5.26 Å². The Kier molecular flexibility index (Phi) is 5.03. The van der Waals surface area contributed by atoms with Crippen molar-refractivity contribution in [3.05, 3.63) is 28.2 Å². The Morgan fingerprint density at radius 3 is 2.75 bits per heavy atom. The number of benzene rings is 1. The minimum atomic E-state index is -0.207. The van der Waals surface area contributed by atoms with Gasteiger partial charge >= 0.3 is 0 Å². The first kappa shape index (κ1) is 15.3. The molecular formula is C15H20BrN3O. The minimum Gasteiger partial charge on any atom is -0.496 e. The number of hydrogen-bond donors (Lipinski definition) is 0. The number of rotatable bonds is 3. The van der Waals surface area contributed by atoms with Crippen LogP contribution in [0.25, 0.3) is 0 Å². The molecular weight excluding hydrogens is 318 g/mol. The van der Waals surface area contributed by atoms with E-state index in [0.29, 0.717) is 6.04 Å². The Morgan fingerprint density at radius 2 is 2.20 bits per heavy atom. The molecule has 5 heteroatoms. The summed E-state index contributed by atoms with van der Waals surface area (Å²) >= 11 is 3.49. The summed E-state index contributed by atoms with van der Waals surface area (Å²) < 4.78 is 6.13. The van der Waals surface area contributed by atoms with E-state index in [1.54, 1.807) is 7.11 Å². The molecule has 0 amide bonds. The smallest absolute Gasteiger partial charge is 0.133 e. The lowest BCUT2D eigenvalue weighted by Gasteiger charge is -2.40. The second-order valence-corrected chi connectivity index (χ2v) is 6.13. The van der Waals surface area contributed by atoms with E-state index in [1.165, 1.54) is 0 Å². The number of halogens is 1. The largest absolute Gasteiger partial charge is 0.496 e. The molecule has 2 atom stereocenters. The van der Waals surface area contributed by atoms with Crippen molar-refractivity contribution in [1.82, 2.24) is 9.80 Å². The van der Waals surface area contributed by atoms with E-state index in [4.69, 9.17) is 4.74 Å². The molecule has 1 aliphatic rings. The number of methoxy groups -OCH3 is 1. The predicted octanol–water partition coefficient (Wildman–Crippen LogP) is 2.66. The Bertz CT molecular complexity index is 514. The molecule has 2 rings (SSSR count). The van der Waals surface area contributed by atoms with Gasteiger partial charge in [-0.25, -0.2) is 0 Å². The summed E-state index contributed by atoms with van der Waals surface area (Å²) in [5.74, 6) is 0.789. The van der Waals surface area contributed by atoms with Gasteiger partial charge in [-0.05, 0) is 47.6 Å². The number of nitrogens with zero attached hydrogens (tertiary/aromatic N) is 3. The van der Waals surface area contributed by atoms with E-state index in [-0.39, 0.29) is 6.04 Å². The Hall–Kier alpha value is -1.09. The Morgan fingerprint density at radius 1 is 1.45 bits per heavy atom. The molecule has 2 unspecified atom stereocenters. The summed E-state index contributed by atoms with van der Waals surface area (Å²) in [5.41, 5.74) is 1.01. The molecule has 4 nitrogen and oxygen atoms in total. The molecule has 0 aliphatic carbocycles. The monoisotopic (exact) mass is 337 g/mol. The molecule has 1 heterocycles. The van der Waals surface area contributed by atoms with Crippen LogP contribution in [0.2, 0.25) is 0 Å². The highest BCUT2D eigenvalue weighted by atomic mass is 79.9. The number of hydrogen-bond acceptors (Lipinski definition) is 4. The van der Waals surface area contributed by atoms with E-state index >= 15 is 0 Å². The topological polar surface area (TPSA) is 39.5 Å². The van der Waals surface area contributed by atoms with Gasteiger partial charge < -0.3 is 9.64 Å². The molecule has 108 valence electrons. The predicted molar refractivity (Wildman–Crippen MR) is 82.7 cm³/mol. The van der Waals surface area contributed by atoms with Gasteiger partial charge in [-0.3, -0.25) is 4.90 Å². The van der Waals surface area contributed by atoms with Crippen LogP contribution in [0.1, 0.15) is 18.5 Å². The highest BCUT2D eigenvalue weighted by Gasteiger charge is 2.29. The first-order valence-corrected chi connectivity index (χ1v) is 7.53. The molecule has 20 heavy (non-hydrogen) atoms. The highest BCUT2D eigenvalue weighted by Crippen LogP contribution is 2.31. The molecule has 0 spiro atoms. The van der Waals surface area contributed by atoms with Crippen LogP contribution in [0.5, 0.6) is 5.75 Å². The third-order valence-corrected chi connectivity index (χ3v) is 4.45. The van der Waals surface area contributed by atoms with E-state index < -0.39 is 0 Å². The number of piperazine rings is 1. The Labute approximate surface area is 129 Å². The summed E-state index contributed by atoms with van der Waals surface area (Å²) in [6, 6.07) is 8.48. The molecule has 1 aliphatic heterocycles. The first-order valence-electron chi connectivity index (χ1n) is 6.74. The molecule has 0 radical (unpaired) electrons.